The molecule has 0 aliphatic heterocycles. The zero-order valence-electron chi connectivity index (χ0n) is 18.8. The van der Waals surface area contributed by atoms with Crippen molar-refractivity contribution >= 4 is 40.7 Å². The van der Waals surface area contributed by atoms with Crippen LogP contribution < -0.4 is 9.75 Å². The molecule has 2 nitrogen and oxygen atoms in total. The first-order valence-corrected chi connectivity index (χ1v) is 13.5. The summed E-state index contributed by atoms with van der Waals surface area (Å²) in [6.45, 7) is 11.1. The van der Waals surface area contributed by atoms with E-state index < -0.39 is 8.24 Å². The maximum absolute atomic E-state index is 11.3. The predicted molar refractivity (Wildman–Crippen MR) is 134 cm³/mol. The molecule has 0 bridgehead atoms. The van der Waals surface area contributed by atoms with Crippen molar-refractivity contribution in [3.63, 3.8) is 0 Å². The number of hydrogen-bond donors (Lipinski definition) is 1. The molecule has 4 aromatic rings. The van der Waals surface area contributed by atoms with Gasteiger partial charge in [-0.25, -0.2) is 0 Å². The summed E-state index contributed by atoms with van der Waals surface area (Å²) in [4.78, 5) is 0. The first-order valence-electron chi connectivity index (χ1n) is 10.6. The molecule has 0 atom stereocenters. The van der Waals surface area contributed by atoms with Crippen molar-refractivity contribution in [1.82, 2.24) is 0 Å². The van der Waals surface area contributed by atoms with Gasteiger partial charge in [0.15, 0.2) is 8.24 Å². The summed E-state index contributed by atoms with van der Waals surface area (Å²) in [7, 11) is -0.0315. The SMILES string of the molecule is CN(c1c2ccccc2cc2ccccc12)[Si](C)(C)c1cccc(C(C)(C)C)c1O. The number of phenols is 1. The van der Waals surface area contributed by atoms with Crippen molar-refractivity contribution in [2.75, 3.05) is 11.6 Å². The fraction of sp³-hybridized carbons (Fsp3) is 0.259. The van der Waals surface area contributed by atoms with E-state index >= 15 is 0 Å². The van der Waals surface area contributed by atoms with Gasteiger partial charge in [-0.2, -0.15) is 0 Å². The number of para-hydroxylation sites is 1. The van der Waals surface area contributed by atoms with Crippen molar-refractivity contribution in [1.29, 1.82) is 0 Å². The van der Waals surface area contributed by atoms with Gasteiger partial charge in [-0.15, -0.1) is 0 Å². The maximum atomic E-state index is 11.3. The molecule has 30 heavy (non-hydrogen) atoms. The van der Waals surface area contributed by atoms with E-state index in [2.05, 4.69) is 118 Å². The molecule has 0 radical (unpaired) electrons. The van der Waals surface area contributed by atoms with Crippen molar-refractivity contribution in [2.24, 2.45) is 0 Å². The van der Waals surface area contributed by atoms with E-state index in [4.69, 9.17) is 0 Å². The lowest BCUT2D eigenvalue weighted by atomic mass is 9.86. The molecule has 0 fully saturated rings. The van der Waals surface area contributed by atoms with Crippen LogP contribution in [0, 0.1) is 0 Å². The summed E-state index contributed by atoms with van der Waals surface area (Å²) in [6.07, 6.45) is 0. The molecule has 0 unspecified atom stereocenters. The Bertz CT molecular complexity index is 1180. The van der Waals surface area contributed by atoms with Gasteiger partial charge in [-0.05, 0) is 48.0 Å². The van der Waals surface area contributed by atoms with Crippen LogP contribution in [0.25, 0.3) is 21.5 Å². The normalized spacial score (nSPS) is 12.5. The summed E-state index contributed by atoms with van der Waals surface area (Å²) in [5, 5.41) is 17.4. The summed E-state index contributed by atoms with van der Waals surface area (Å²) in [5.74, 6) is 0.457. The highest BCUT2D eigenvalue weighted by Gasteiger charge is 2.35. The van der Waals surface area contributed by atoms with E-state index in [1.165, 1.54) is 27.2 Å². The standard InChI is InChI=1S/C27H31NOSi/c1-27(2,3)23-16-11-17-24(26(23)29)30(5,6)28(4)25-21-14-9-7-12-19(21)18-20-13-8-10-15-22(20)25/h7-18,29H,1-6H3. The second-order valence-electron chi connectivity index (χ2n) is 9.74. The highest BCUT2D eigenvalue weighted by molar-refractivity contribution is 6.93. The Morgan fingerprint density at radius 3 is 1.83 bits per heavy atom. The highest BCUT2D eigenvalue weighted by atomic mass is 28.3. The predicted octanol–water partition coefficient (Wildman–Crippen LogP) is 6.54. The lowest BCUT2D eigenvalue weighted by Gasteiger charge is -2.38. The van der Waals surface area contributed by atoms with Gasteiger partial charge in [0, 0.05) is 21.6 Å². The Hall–Kier alpha value is -2.78. The average Bonchev–Trinajstić information content (AvgIpc) is 2.70. The monoisotopic (exact) mass is 413 g/mol. The Balaban J connectivity index is 1.97. The van der Waals surface area contributed by atoms with Crippen molar-refractivity contribution in [2.45, 2.75) is 39.3 Å². The topological polar surface area (TPSA) is 23.5 Å². The minimum Gasteiger partial charge on any atom is -0.508 e. The second-order valence-corrected chi connectivity index (χ2v) is 14.1. The van der Waals surface area contributed by atoms with Gasteiger partial charge in [-0.1, -0.05) is 87.5 Å². The Labute approximate surface area is 180 Å². The number of benzene rings is 4. The number of hydrogen-bond acceptors (Lipinski definition) is 2. The molecule has 0 aliphatic rings. The number of phenolic OH excluding ortho intramolecular Hbond substituents is 1. The molecule has 0 saturated heterocycles. The molecule has 154 valence electrons. The molecule has 4 rings (SSSR count). The van der Waals surface area contributed by atoms with Gasteiger partial charge >= 0.3 is 0 Å². The molecule has 3 heteroatoms. The van der Waals surface area contributed by atoms with Crippen LogP contribution in [-0.4, -0.2) is 20.4 Å². The van der Waals surface area contributed by atoms with Gasteiger partial charge in [0.2, 0.25) is 0 Å². The fourth-order valence-electron chi connectivity index (χ4n) is 4.45. The van der Waals surface area contributed by atoms with Crippen LogP contribution >= 0.6 is 0 Å². The number of anilines is 1. The molecule has 1 N–H and O–H groups in total. The molecule has 0 saturated carbocycles. The lowest BCUT2D eigenvalue weighted by molar-refractivity contribution is 0.450. The number of aromatic hydroxyl groups is 1. The third kappa shape index (κ3) is 3.27. The minimum atomic E-state index is -2.23. The first-order chi connectivity index (χ1) is 14.1. The van der Waals surface area contributed by atoms with Crippen LogP contribution in [0.1, 0.15) is 26.3 Å². The zero-order valence-corrected chi connectivity index (χ0v) is 19.8. The Morgan fingerprint density at radius 1 is 0.767 bits per heavy atom. The van der Waals surface area contributed by atoms with E-state index in [1.807, 2.05) is 0 Å². The smallest absolute Gasteiger partial charge is 0.185 e. The van der Waals surface area contributed by atoms with Crippen LogP contribution in [0.15, 0.2) is 72.8 Å². The van der Waals surface area contributed by atoms with E-state index in [0.717, 1.165) is 10.8 Å². The Kier molecular flexibility index (Phi) is 4.90. The number of fused-ring (bicyclic) bond motifs is 2. The van der Waals surface area contributed by atoms with Crippen molar-refractivity contribution in [3.05, 3.63) is 78.4 Å². The van der Waals surface area contributed by atoms with Crippen molar-refractivity contribution in [3.8, 4) is 5.75 Å². The van der Waals surface area contributed by atoms with Gasteiger partial charge in [-0.3, -0.25) is 0 Å². The summed E-state index contributed by atoms with van der Waals surface area (Å²) in [6, 6.07) is 25.8. The maximum Gasteiger partial charge on any atom is 0.185 e. The van der Waals surface area contributed by atoms with Crippen molar-refractivity contribution < 1.29 is 5.11 Å². The summed E-state index contributed by atoms with van der Waals surface area (Å²) >= 11 is 0. The van der Waals surface area contributed by atoms with Gasteiger partial charge in [0.1, 0.15) is 5.75 Å². The summed E-state index contributed by atoms with van der Waals surface area (Å²) in [5.41, 5.74) is 2.16. The molecule has 0 aliphatic carbocycles. The quantitative estimate of drug-likeness (QED) is 0.304. The first kappa shape index (κ1) is 20.5. The van der Waals surface area contributed by atoms with E-state index in [-0.39, 0.29) is 5.41 Å². The average molecular weight is 414 g/mol. The summed E-state index contributed by atoms with van der Waals surface area (Å²) < 4.78 is 2.46. The van der Waals surface area contributed by atoms with Gasteiger partial charge in [0.25, 0.3) is 0 Å². The third-order valence-corrected chi connectivity index (χ3v) is 10.0. The molecule has 0 spiro atoms. The molecular formula is C27H31NOSi. The second kappa shape index (κ2) is 7.17. The van der Waals surface area contributed by atoms with Crippen LogP contribution in [0.5, 0.6) is 5.75 Å². The largest absolute Gasteiger partial charge is 0.508 e. The Morgan fingerprint density at radius 2 is 1.30 bits per heavy atom. The van der Waals surface area contributed by atoms with Crippen LogP contribution in [-0.2, 0) is 5.41 Å². The number of rotatable bonds is 3. The van der Waals surface area contributed by atoms with E-state index in [1.54, 1.807) is 0 Å². The minimum absolute atomic E-state index is 0.102. The third-order valence-electron chi connectivity index (χ3n) is 6.42. The van der Waals surface area contributed by atoms with Crippen LogP contribution in [0.3, 0.4) is 0 Å². The van der Waals surface area contributed by atoms with Crippen LogP contribution in [0.4, 0.5) is 5.69 Å². The van der Waals surface area contributed by atoms with Crippen LogP contribution in [0.2, 0.25) is 13.1 Å². The van der Waals surface area contributed by atoms with E-state index in [0.29, 0.717) is 5.75 Å². The molecule has 0 amide bonds. The molecule has 4 aromatic carbocycles. The molecule has 0 heterocycles. The van der Waals surface area contributed by atoms with E-state index in [9.17, 15) is 5.11 Å². The highest BCUT2D eigenvalue weighted by Crippen LogP contribution is 2.38. The van der Waals surface area contributed by atoms with Gasteiger partial charge in [0.05, 0.1) is 0 Å². The molecular weight excluding hydrogens is 382 g/mol. The van der Waals surface area contributed by atoms with Gasteiger partial charge < -0.3 is 9.67 Å². The molecule has 0 aromatic heterocycles. The lowest BCUT2D eigenvalue weighted by Crippen LogP contribution is -2.57. The zero-order chi connectivity index (χ0) is 21.7. The number of nitrogens with zero attached hydrogens (tertiary/aromatic N) is 1. The fourth-order valence-corrected chi connectivity index (χ4v) is 6.83.